The third kappa shape index (κ3) is 3.15. The second kappa shape index (κ2) is 6.07. The SMILES string of the molecule is CCCC(C)N(C)C(=O)NC1(C(=O)O)CCCC1. The van der Waals surface area contributed by atoms with Crippen molar-refractivity contribution in [2.24, 2.45) is 0 Å². The van der Waals surface area contributed by atoms with Gasteiger partial charge in [-0.1, -0.05) is 26.2 Å². The van der Waals surface area contributed by atoms with Crippen molar-refractivity contribution in [3.8, 4) is 0 Å². The second-order valence-electron chi connectivity index (χ2n) is 5.27. The molecule has 0 aromatic heterocycles. The number of aliphatic carboxylic acids is 1. The van der Waals surface area contributed by atoms with E-state index in [4.69, 9.17) is 0 Å². The number of rotatable bonds is 5. The summed E-state index contributed by atoms with van der Waals surface area (Å²) in [5, 5.41) is 12.0. The molecule has 0 aromatic carbocycles. The number of carbonyl (C=O) groups excluding carboxylic acids is 1. The van der Waals surface area contributed by atoms with Crippen LogP contribution in [0.1, 0.15) is 52.4 Å². The Kier molecular flexibility index (Phi) is 4.99. The molecule has 1 aliphatic rings. The van der Waals surface area contributed by atoms with Crippen LogP contribution in [0.15, 0.2) is 0 Å². The molecule has 18 heavy (non-hydrogen) atoms. The molecule has 104 valence electrons. The third-order valence-electron chi connectivity index (χ3n) is 3.90. The minimum atomic E-state index is -1.04. The summed E-state index contributed by atoms with van der Waals surface area (Å²) < 4.78 is 0. The standard InChI is InChI=1S/C13H24N2O3/c1-4-7-10(2)15(3)12(18)14-13(11(16)17)8-5-6-9-13/h10H,4-9H2,1-3H3,(H,14,18)(H,16,17). The Bertz CT molecular complexity index is 311. The quantitative estimate of drug-likeness (QED) is 0.792. The maximum Gasteiger partial charge on any atom is 0.329 e. The van der Waals surface area contributed by atoms with Crippen LogP contribution >= 0.6 is 0 Å². The zero-order valence-electron chi connectivity index (χ0n) is 11.5. The van der Waals surface area contributed by atoms with E-state index in [9.17, 15) is 14.7 Å². The van der Waals surface area contributed by atoms with Crippen molar-refractivity contribution in [3.63, 3.8) is 0 Å². The van der Waals surface area contributed by atoms with Crippen molar-refractivity contribution in [3.05, 3.63) is 0 Å². The van der Waals surface area contributed by atoms with Crippen molar-refractivity contribution < 1.29 is 14.7 Å². The fourth-order valence-electron chi connectivity index (χ4n) is 2.48. The fraction of sp³-hybridized carbons (Fsp3) is 0.846. The summed E-state index contributed by atoms with van der Waals surface area (Å²) in [6.07, 6.45) is 4.71. The van der Waals surface area contributed by atoms with Crippen molar-refractivity contribution in [1.29, 1.82) is 0 Å². The van der Waals surface area contributed by atoms with Gasteiger partial charge in [-0.05, 0) is 26.2 Å². The van der Waals surface area contributed by atoms with Gasteiger partial charge in [0.25, 0.3) is 0 Å². The third-order valence-corrected chi connectivity index (χ3v) is 3.90. The zero-order valence-corrected chi connectivity index (χ0v) is 11.5. The maximum absolute atomic E-state index is 12.1. The van der Waals surface area contributed by atoms with E-state index in [1.165, 1.54) is 0 Å². The van der Waals surface area contributed by atoms with Crippen LogP contribution in [0.2, 0.25) is 0 Å². The van der Waals surface area contributed by atoms with Crippen LogP contribution < -0.4 is 5.32 Å². The number of carboxylic acids is 1. The minimum Gasteiger partial charge on any atom is -0.480 e. The Labute approximate surface area is 109 Å². The van der Waals surface area contributed by atoms with E-state index < -0.39 is 11.5 Å². The zero-order chi connectivity index (χ0) is 13.8. The lowest BCUT2D eigenvalue weighted by Gasteiger charge is -2.31. The number of hydrogen-bond donors (Lipinski definition) is 2. The Morgan fingerprint density at radius 2 is 1.94 bits per heavy atom. The number of nitrogens with one attached hydrogen (secondary N) is 1. The highest BCUT2D eigenvalue weighted by atomic mass is 16.4. The first kappa shape index (κ1) is 14.8. The van der Waals surface area contributed by atoms with Gasteiger partial charge in [0.2, 0.25) is 0 Å². The molecule has 0 bridgehead atoms. The van der Waals surface area contributed by atoms with Crippen molar-refractivity contribution in [2.45, 2.75) is 64.0 Å². The normalized spacial score (nSPS) is 19.3. The molecule has 1 rings (SSSR count). The minimum absolute atomic E-state index is 0.127. The topological polar surface area (TPSA) is 69.6 Å². The summed E-state index contributed by atoms with van der Waals surface area (Å²) in [5.41, 5.74) is -1.04. The predicted molar refractivity (Wildman–Crippen MR) is 69.5 cm³/mol. The lowest BCUT2D eigenvalue weighted by Crippen LogP contribution is -2.56. The summed E-state index contributed by atoms with van der Waals surface area (Å²) in [7, 11) is 1.72. The largest absolute Gasteiger partial charge is 0.480 e. The first-order valence-corrected chi connectivity index (χ1v) is 6.71. The summed E-state index contributed by atoms with van der Waals surface area (Å²) in [6.45, 7) is 4.04. The highest BCUT2D eigenvalue weighted by Gasteiger charge is 2.43. The highest BCUT2D eigenvalue weighted by Crippen LogP contribution is 2.30. The number of urea groups is 1. The van der Waals surface area contributed by atoms with Gasteiger partial charge >= 0.3 is 12.0 Å². The van der Waals surface area contributed by atoms with Crippen molar-refractivity contribution in [1.82, 2.24) is 10.2 Å². The molecule has 1 unspecified atom stereocenters. The van der Waals surface area contributed by atoms with E-state index in [0.717, 1.165) is 25.7 Å². The summed E-state index contributed by atoms with van der Waals surface area (Å²) >= 11 is 0. The number of amides is 2. The van der Waals surface area contributed by atoms with E-state index in [1.54, 1.807) is 11.9 Å². The molecule has 0 spiro atoms. The van der Waals surface area contributed by atoms with Gasteiger partial charge in [0.05, 0.1) is 0 Å². The Morgan fingerprint density at radius 1 is 1.39 bits per heavy atom. The first-order valence-electron chi connectivity index (χ1n) is 6.71. The van der Waals surface area contributed by atoms with E-state index >= 15 is 0 Å². The van der Waals surface area contributed by atoms with E-state index in [1.807, 2.05) is 6.92 Å². The summed E-state index contributed by atoms with van der Waals surface area (Å²) in [5.74, 6) is -0.912. The van der Waals surface area contributed by atoms with Gasteiger partial charge in [0, 0.05) is 13.1 Å². The van der Waals surface area contributed by atoms with Crippen molar-refractivity contribution in [2.75, 3.05) is 7.05 Å². The fourth-order valence-corrected chi connectivity index (χ4v) is 2.48. The molecule has 0 heterocycles. The molecule has 0 aromatic rings. The smallest absolute Gasteiger partial charge is 0.329 e. The molecule has 1 saturated carbocycles. The molecular weight excluding hydrogens is 232 g/mol. The van der Waals surface area contributed by atoms with Gasteiger partial charge < -0.3 is 15.3 Å². The summed E-state index contributed by atoms with van der Waals surface area (Å²) in [6, 6.07) is -0.150. The van der Waals surface area contributed by atoms with Crippen molar-refractivity contribution >= 4 is 12.0 Å². The van der Waals surface area contributed by atoms with E-state index in [-0.39, 0.29) is 12.1 Å². The van der Waals surface area contributed by atoms with E-state index in [0.29, 0.717) is 12.8 Å². The Morgan fingerprint density at radius 3 is 2.39 bits per heavy atom. The first-order chi connectivity index (χ1) is 8.43. The number of nitrogens with zero attached hydrogens (tertiary/aromatic N) is 1. The van der Waals surface area contributed by atoms with Crippen LogP contribution in [0.25, 0.3) is 0 Å². The number of carbonyl (C=O) groups is 2. The maximum atomic E-state index is 12.1. The molecule has 2 N–H and O–H groups in total. The van der Waals surface area contributed by atoms with Gasteiger partial charge in [-0.25, -0.2) is 9.59 Å². The average Bonchev–Trinajstić information content (AvgIpc) is 2.78. The lowest BCUT2D eigenvalue weighted by atomic mass is 9.98. The molecule has 5 heteroatoms. The van der Waals surface area contributed by atoms with Gasteiger partial charge in [0.15, 0.2) is 0 Å². The van der Waals surface area contributed by atoms with Crippen LogP contribution in [0.3, 0.4) is 0 Å². The molecule has 1 atom stereocenters. The van der Waals surface area contributed by atoms with Crippen LogP contribution in [0, 0.1) is 0 Å². The van der Waals surface area contributed by atoms with Crippen LogP contribution in [-0.2, 0) is 4.79 Å². The average molecular weight is 256 g/mol. The molecule has 0 aliphatic heterocycles. The van der Waals surface area contributed by atoms with Crippen LogP contribution in [0.4, 0.5) is 4.79 Å². The predicted octanol–water partition coefficient (Wildman–Crippen LogP) is 2.21. The molecule has 5 nitrogen and oxygen atoms in total. The van der Waals surface area contributed by atoms with Gasteiger partial charge in [-0.2, -0.15) is 0 Å². The second-order valence-corrected chi connectivity index (χ2v) is 5.27. The van der Waals surface area contributed by atoms with Gasteiger partial charge in [-0.3, -0.25) is 0 Å². The molecule has 2 amide bonds. The van der Waals surface area contributed by atoms with Gasteiger partial charge in [-0.15, -0.1) is 0 Å². The number of carboxylic acid groups (broad SMARTS) is 1. The Hall–Kier alpha value is -1.26. The lowest BCUT2D eigenvalue weighted by molar-refractivity contribution is -0.144. The molecule has 0 radical (unpaired) electrons. The number of hydrogen-bond acceptors (Lipinski definition) is 2. The molecule has 1 fully saturated rings. The molecular formula is C13H24N2O3. The van der Waals surface area contributed by atoms with Gasteiger partial charge in [0.1, 0.15) is 5.54 Å². The van der Waals surface area contributed by atoms with Crippen LogP contribution in [0.5, 0.6) is 0 Å². The molecule has 0 saturated heterocycles. The van der Waals surface area contributed by atoms with E-state index in [2.05, 4.69) is 12.2 Å². The van der Waals surface area contributed by atoms with Crippen LogP contribution in [-0.4, -0.2) is 40.6 Å². The molecule has 1 aliphatic carbocycles. The Balaban J connectivity index is 2.65. The monoisotopic (exact) mass is 256 g/mol. The highest BCUT2D eigenvalue weighted by molar-refractivity contribution is 5.86. The summed E-state index contributed by atoms with van der Waals surface area (Å²) in [4.78, 5) is 25.0.